The zero-order valence-corrected chi connectivity index (χ0v) is 19.4. The molecular weight excluding hydrogens is 430 g/mol. The van der Waals surface area contributed by atoms with Gasteiger partial charge in [-0.25, -0.2) is 4.98 Å². The molecule has 4 rings (SSSR count). The number of benzene rings is 3. The lowest BCUT2D eigenvalue weighted by Crippen LogP contribution is -2.32. The van der Waals surface area contributed by atoms with Crippen molar-refractivity contribution in [1.82, 2.24) is 14.9 Å². The Morgan fingerprint density at radius 2 is 1.59 bits per heavy atom. The number of rotatable bonds is 11. The number of amides is 1. The Bertz CT molecular complexity index is 1210. The summed E-state index contributed by atoms with van der Waals surface area (Å²) < 4.78 is 18.8. The zero-order chi connectivity index (χ0) is 23.8. The third-order valence-electron chi connectivity index (χ3n) is 5.42. The molecule has 176 valence electrons. The van der Waals surface area contributed by atoms with Gasteiger partial charge in [0.1, 0.15) is 23.1 Å². The fourth-order valence-corrected chi connectivity index (χ4v) is 3.76. The number of hydrogen-bond acceptors (Lipinski definition) is 5. The molecule has 0 aliphatic carbocycles. The van der Waals surface area contributed by atoms with Crippen molar-refractivity contribution in [2.24, 2.45) is 0 Å². The normalized spacial score (nSPS) is 11.7. The van der Waals surface area contributed by atoms with E-state index in [1.165, 1.54) is 0 Å². The van der Waals surface area contributed by atoms with Crippen LogP contribution in [0.2, 0.25) is 0 Å². The maximum absolute atomic E-state index is 12.5. The minimum atomic E-state index is -0.276. The highest BCUT2D eigenvalue weighted by atomic mass is 16.5. The molecule has 7 nitrogen and oxygen atoms in total. The van der Waals surface area contributed by atoms with Crippen molar-refractivity contribution in [2.45, 2.75) is 25.9 Å². The van der Waals surface area contributed by atoms with Crippen LogP contribution in [0.3, 0.4) is 0 Å². The Kier molecular flexibility index (Phi) is 7.65. The van der Waals surface area contributed by atoms with Gasteiger partial charge in [0.05, 0.1) is 30.8 Å². The van der Waals surface area contributed by atoms with Crippen molar-refractivity contribution in [3.63, 3.8) is 0 Å². The SMILES string of the molecule is COc1ccc(OCCCn2c(C(C)NC(=O)COc3ccccc3)nc3ccccc32)cc1. The highest BCUT2D eigenvalue weighted by molar-refractivity contribution is 5.79. The fraction of sp³-hybridized carbons (Fsp3) is 0.259. The van der Waals surface area contributed by atoms with E-state index in [0.29, 0.717) is 18.9 Å². The van der Waals surface area contributed by atoms with Crippen LogP contribution in [0.5, 0.6) is 17.2 Å². The topological polar surface area (TPSA) is 74.6 Å². The summed E-state index contributed by atoms with van der Waals surface area (Å²) in [6, 6.07) is 24.6. The predicted octanol–water partition coefficient (Wildman–Crippen LogP) is 4.77. The lowest BCUT2D eigenvalue weighted by Gasteiger charge is -2.17. The highest BCUT2D eigenvalue weighted by Crippen LogP contribution is 2.22. The second kappa shape index (κ2) is 11.2. The number of imidazole rings is 1. The minimum absolute atomic E-state index is 0.0513. The summed E-state index contributed by atoms with van der Waals surface area (Å²) >= 11 is 0. The van der Waals surface area contributed by atoms with Crippen LogP contribution in [-0.4, -0.2) is 35.8 Å². The van der Waals surface area contributed by atoms with E-state index < -0.39 is 0 Å². The van der Waals surface area contributed by atoms with E-state index in [-0.39, 0.29) is 18.6 Å². The summed E-state index contributed by atoms with van der Waals surface area (Å²) in [7, 11) is 1.64. The molecule has 4 aromatic rings. The lowest BCUT2D eigenvalue weighted by atomic mass is 10.3. The van der Waals surface area contributed by atoms with Crippen LogP contribution < -0.4 is 19.5 Å². The Balaban J connectivity index is 1.38. The van der Waals surface area contributed by atoms with Gasteiger partial charge in [0.2, 0.25) is 0 Å². The van der Waals surface area contributed by atoms with Crippen LogP contribution >= 0.6 is 0 Å². The average molecular weight is 460 g/mol. The Hall–Kier alpha value is -4.00. The van der Waals surface area contributed by atoms with Crippen molar-refractivity contribution in [1.29, 1.82) is 0 Å². The summed E-state index contributed by atoms with van der Waals surface area (Å²) in [5.41, 5.74) is 1.93. The van der Waals surface area contributed by atoms with Crippen LogP contribution in [0, 0.1) is 0 Å². The fourth-order valence-electron chi connectivity index (χ4n) is 3.76. The highest BCUT2D eigenvalue weighted by Gasteiger charge is 2.18. The lowest BCUT2D eigenvalue weighted by molar-refractivity contribution is -0.123. The molecule has 0 spiro atoms. The predicted molar refractivity (Wildman–Crippen MR) is 131 cm³/mol. The van der Waals surface area contributed by atoms with Gasteiger partial charge in [-0.3, -0.25) is 4.79 Å². The van der Waals surface area contributed by atoms with Crippen molar-refractivity contribution >= 4 is 16.9 Å². The molecule has 1 amide bonds. The van der Waals surface area contributed by atoms with Crippen LogP contribution in [0.25, 0.3) is 11.0 Å². The Labute approximate surface area is 199 Å². The van der Waals surface area contributed by atoms with Crippen LogP contribution in [0.4, 0.5) is 0 Å². The molecule has 1 N–H and O–H groups in total. The van der Waals surface area contributed by atoms with Gasteiger partial charge in [-0.15, -0.1) is 0 Å². The van der Waals surface area contributed by atoms with Gasteiger partial charge in [0.15, 0.2) is 6.61 Å². The van der Waals surface area contributed by atoms with Gasteiger partial charge in [-0.1, -0.05) is 30.3 Å². The van der Waals surface area contributed by atoms with E-state index in [1.807, 2.05) is 85.8 Å². The molecule has 1 heterocycles. The van der Waals surface area contributed by atoms with E-state index in [2.05, 4.69) is 9.88 Å². The molecular formula is C27H29N3O4. The van der Waals surface area contributed by atoms with E-state index >= 15 is 0 Å². The molecule has 0 saturated carbocycles. The van der Waals surface area contributed by atoms with Crippen LogP contribution in [-0.2, 0) is 11.3 Å². The van der Waals surface area contributed by atoms with E-state index in [4.69, 9.17) is 19.2 Å². The molecule has 0 aliphatic rings. The van der Waals surface area contributed by atoms with Crippen LogP contribution in [0.1, 0.15) is 25.2 Å². The summed E-state index contributed by atoms with van der Waals surface area (Å²) in [6.07, 6.45) is 0.789. The molecule has 7 heteroatoms. The maximum Gasteiger partial charge on any atom is 0.258 e. The first-order chi connectivity index (χ1) is 16.6. The van der Waals surface area contributed by atoms with Gasteiger partial charge in [-0.05, 0) is 61.9 Å². The number of aromatic nitrogens is 2. The van der Waals surface area contributed by atoms with Gasteiger partial charge in [-0.2, -0.15) is 0 Å². The summed E-state index contributed by atoms with van der Waals surface area (Å²) in [5, 5.41) is 3.00. The zero-order valence-electron chi connectivity index (χ0n) is 19.4. The second-order valence-corrected chi connectivity index (χ2v) is 7.88. The number of ether oxygens (including phenoxy) is 3. The third kappa shape index (κ3) is 5.86. The monoisotopic (exact) mass is 459 g/mol. The van der Waals surface area contributed by atoms with Gasteiger partial charge < -0.3 is 24.1 Å². The third-order valence-corrected chi connectivity index (χ3v) is 5.42. The van der Waals surface area contributed by atoms with Crippen molar-refractivity contribution in [2.75, 3.05) is 20.3 Å². The molecule has 0 saturated heterocycles. The standard InChI is InChI=1S/C27H29N3O4/c1-20(28-26(31)19-34-22-9-4-3-5-10-22)27-29-24-11-6-7-12-25(24)30(27)17-8-18-33-23-15-13-21(32-2)14-16-23/h3-7,9-16,20H,8,17-19H2,1-2H3,(H,28,31). The van der Waals surface area contributed by atoms with E-state index in [9.17, 15) is 4.79 Å². The number of nitrogens with one attached hydrogen (secondary N) is 1. The number of para-hydroxylation sites is 3. The minimum Gasteiger partial charge on any atom is -0.497 e. The van der Waals surface area contributed by atoms with Crippen molar-refractivity contribution < 1.29 is 19.0 Å². The number of hydrogen-bond donors (Lipinski definition) is 1. The van der Waals surface area contributed by atoms with Crippen LogP contribution in [0.15, 0.2) is 78.9 Å². The first kappa shape index (κ1) is 23.2. The Morgan fingerprint density at radius 3 is 2.35 bits per heavy atom. The molecule has 0 fully saturated rings. The quantitative estimate of drug-likeness (QED) is 0.327. The first-order valence-corrected chi connectivity index (χ1v) is 11.3. The van der Waals surface area contributed by atoms with Gasteiger partial charge in [0.25, 0.3) is 5.91 Å². The van der Waals surface area contributed by atoms with E-state index in [1.54, 1.807) is 7.11 Å². The maximum atomic E-state index is 12.5. The number of fused-ring (bicyclic) bond motifs is 1. The van der Waals surface area contributed by atoms with Crippen molar-refractivity contribution in [3.05, 3.63) is 84.7 Å². The summed E-state index contributed by atoms with van der Waals surface area (Å²) in [6.45, 7) is 3.16. The number of carbonyl (C=O) groups is 1. The summed E-state index contributed by atoms with van der Waals surface area (Å²) in [4.78, 5) is 17.3. The molecule has 1 atom stereocenters. The molecule has 34 heavy (non-hydrogen) atoms. The largest absolute Gasteiger partial charge is 0.497 e. The second-order valence-electron chi connectivity index (χ2n) is 7.88. The number of aryl methyl sites for hydroxylation is 1. The van der Waals surface area contributed by atoms with Gasteiger partial charge >= 0.3 is 0 Å². The van der Waals surface area contributed by atoms with Crippen molar-refractivity contribution in [3.8, 4) is 17.2 Å². The first-order valence-electron chi connectivity index (χ1n) is 11.3. The molecule has 0 aliphatic heterocycles. The number of methoxy groups -OCH3 is 1. The summed E-state index contributed by atoms with van der Waals surface area (Å²) in [5.74, 6) is 2.87. The molecule has 1 unspecified atom stereocenters. The average Bonchev–Trinajstić information content (AvgIpc) is 3.25. The number of carbonyl (C=O) groups excluding carboxylic acids is 1. The van der Waals surface area contributed by atoms with Gasteiger partial charge in [0, 0.05) is 6.54 Å². The molecule has 1 aromatic heterocycles. The molecule has 3 aromatic carbocycles. The smallest absolute Gasteiger partial charge is 0.258 e. The van der Waals surface area contributed by atoms with E-state index in [0.717, 1.165) is 34.8 Å². The Morgan fingerprint density at radius 1 is 0.912 bits per heavy atom. The molecule has 0 radical (unpaired) electrons. The number of nitrogens with zero attached hydrogens (tertiary/aromatic N) is 2. The molecule has 0 bridgehead atoms.